The minimum absolute atomic E-state index is 0.286. The molecule has 140 valence electrons. The third-order valence-electron chi connectivity index (χ3n) is 4.78. The van der Waals surface area contributed by atoms with Crippen LogP contribution in [-0.2, 0) is 14.3 Å². The number of urea groups is 1. The Kier molecular flexibility index (Phi) is 5.90. The highest BCUT2D eigenvalue weighted by atomic mass is 16.5. The third-order valence-corrected chi connectivity index (χ3v) is 4.78. The number of hydrogen-bond acceptors (Lipinski definition) is 4. The Morgan fingerprint density at radius 2 is 2.04 bits per heavy atom. The average Bonchev–Trinajstić information content (AvgIpc) is 2.62. The van der Waals surface area contributed by atoms with Gasteiger partial charge in [0.1, 0.15) is 19.6 Å². The Morgan fingerprint density at radius 3 is 2.73 bits per heavy atom. The number of benzene rings is 1. The van der Waals surface area contributed by atoms with Crippen molar-refractivity contribution in [3.8, 4) is 0 Å². The van der Waals surface area contributed by atoms with Gasteiger partial charge in [-0.15, -0.1) is 0 Å². The fraction of sp³-hybridized carbons (Fsp3) is 0.474. The van der Waals surface area contributed by atoms with Crippen molar-refractivity contribution in [3.05, 3.63) is 46.7 Å². The number of quaternary nitrogens is 1. The van der Waals surface area contributed by atoms with E-state index in [2.05, 4.69) is 10.6 Å². The van der Waals surface area contributed by atoms with Gasteiger partial charge in [0, 0.05) is 0 Å². The number of morpholine rings is 1. The van der Waals surface area contributed by atoms with Crippen molar-refractivity contribution in [1.29, 1.82) is 0 Å². The molecule has 1 aromatic rings. The van der Waals surface area contributed by atoms with Crippen LogP contribution in [0.25, 0.3) is 0 Å². The summed E-state index contributed by atoms with van der Waals surface area (Å²) in [7, 11) is 0. The highest BCUT2D eigenvalue weighted by Crippen LogP contribution is 2.29. The molecule has 2 heterocycles. The Bertz CT molecular complexity index is 710. The standard InChI is InChI=1S/C19H25N3O4/c1-3-26-18(23)16-15(12-22-8-10-25-11-9-22)20-19(24)21-17(16)14-7-5-4-6-13(14)2/h4-7,17H,3,8-12H2,1-2H3,(H2,20,21,24)/p+1/t17-/m0/s1. The Labute approximate surface area is 153 Å². The van der Waals surface area contributed by atoms with E-state index >= 15 is 0 Å². The molecule has 0 aromatic heterocycles. The fourth-order valence-electron chi connectivity index (χ4n) is 3.44. The van der Waals surface area contributed by atoms with Gasteiger partial charge in [-0.1, -0.05) is 24.3 Å². The molecule has 7 heteroatoms. The minimum Gasteiger partial charge on any atom is -0.463 e. The molecule has 3 rings (SSSR count). The van der Waals surface area contributed by atoms with Crippen molar-refractivity contribution in [2.75, 3.05) is 39.5 Å². The summed E-state index contributed by atoms with van der Waals surface area (Å²) >= 11 is 0. The van der Waals surface area contributed by atoms with Gasteiger partial charge >= 0.3 is 12.0 Å². The topological polar surface area (TPSA) is 81.1 Å². The molecule has 26 heavy (non-hydrogen) atoms. The SMILES string of the molecule is CCOC(=O)C1=C(C[NH+]2CCOCC2)NC(=O)N[C@H]1c1ccccc1C. The van der Waals surface area contributed by atoms with Gasteiger partial charge in [0.15, 0.2) is 0 Å². The van der Waals surface area contributed by atoms with Crippen molar-refractivity contribution >= 4 is 12.0 Å². The second kappa shape index (κ2) is 8.33. The van der Waals surface area contributed by atoms with Crippen LogP contribution < -0.4 is 15.5 Å². The van der Waals surface area contributed by atoms with E-state index in [1.54, 1.807) is 6.92 Å². The lowest BCUT2D eigenvalue weighted by atomic mass is 9.92. The molecule has 0 bridgehead atoms. The van der Waals surface area contributed by atoms with E-state index in [9.17, 15) is 9.59 Å². The van der Waals surface area contributed by atoms with Gasteiger partial charge < -0.3 is 25.0 Å². The van der Waals surface area contributed by atoms with E-state index in [0.29, 0.717) is 31.0 Å². The highest BCUT2D eigenvalue weighted by Gasteiger charge is 2.36. The summed E-state index contributed by atoms with van der Waals surface area (Å²) in [6.45, 7) is 7.66. The lowest BCUT2D eigenvalue weighted by molar-refractivity contribution is -0.903. The fourth-order valence-corrected chi connectivity index (χ4v) is 3.44. The molecule has 0 unspecified atom stereocenters. The first-order chi connectivity index (χ1) is 12.6. The molecule has 1 fully saturated rings. The maximum absolute atomic E-state index is 12.7. The van der Waals surface area contributed by atoms with Crippen molar-refractivity contribution in [1.82, 2.24) is 10.6 Å². The molecule has 2 aliphatic heterocycles. The zero-order valence-electron chi connectivity index (χ0n) is 15.3. The molecule has 1 atom stereocenters. The monoisotopic (exact) mass is 360 g/mol. The van der Waals surface area contributed by atoms with Crippen molar-refractivity contribution in [2.45, 2.75) is 19.9 Å². The predicted molar refractivity (Wildman–Crippen MR) is 95.6 cm³/mol. The second-order valence-electron chi connectivity index (χ2n) is 6.54. The number of ether oxygens (including phenoxy) is 2. The molecule has 0 saturated carbocycles. The first-order valence-electron chi connectivity index (χ1n) is 9.04. The van der Waals surface area contributed by atoms with E-state index in [-0.39, 0.29) is 12.6 Å². The maximum Gasteiger partial charge on any atom is 0.338 e. The molecular weight excluding hydrogens is 334 g/mol. The van der Waals surface area contributed by atoms with Crippen LogP contribution >= 0.6 is 0 Å². The van der Waals surface area contributed by atoms with E-state index in [1.165, 1.54) is 4.90 Å². The summed E-state index contributed by atoms with van der Waals surface area (Å²) in [5.74, 6) is -0.393. The molecule has 2 amide bonds. The summed E-state index contributed by atoms with van der Waals surface area (Å²) in [6.07, 6.45) is 0. The van der Waals surface area contributed by atoms with Crippen LogP contribution in [0.5, 0.6) is 0 Å². The lowest BCUT2D eigenvalue weighted by Gasteiger charge is -2.32. The summed E-state index contributed by atoms with van der Waals surface area (Å²) in [5.41, 5.74) is 3.04. The Morgan fingerprint density at radius 1 is 1.31 bits per heavy atom. The first kappa shape index (κ1) is 18.4. The molecule has 0 aliphatic carbocycles. The van der Waals surface area contributed by atoms with Gasteiger partial charge in [-0.2, -0.15) is 0 Å². The second-order valence-corrected chi connectivity index (χ2v) is 6.54. The number of aryl methyl sites for hydroxylation is 1. The normalized spacial score (nSPS) is 21.2. The molecular formula is C19H26N3O4+. The smallest absolute Gasteiger partial charge is 0.338 e. The average molecular weight is 360 g/mol. The van der Waals surface area contributed by atoms with E-state index in [0.717, 1.165) is 24.2 Å². The third kappa shape index (κ3) is 4.05. The van der Waals surface area contributed by atoms with Gasteiger partial charge in [-0.05, 0) is 25.0 Å². The number of esters is 1. The minimum atomic E-state index is -0.514. The highest BCUT2D eigenvalue weighted by molar-refractivity contribution is 5.95. The number of nitrogens with one attached hydrogen (secondary N) is 3. The molecule has 2 aliphatic rings. The predicted octanol–water partition coefficient (Wildman–Crippen LogP) is 0.0812. The Hall–Kier alpha value is -2.38. The van der Waals surface area contributed by atoms with Crippen LogP contribution in [0.4, 0.5) is 4.79 Å². The quantitative estimate of drug-likeness (QED) is 0.650. The van der Waals surface area contributed by atoms with Crippen LogP contribution in [0.15, 0.2) is 35.5 Å². The van der Waals surface area contributed by atoms with Gasteiger partial charge in [0.05, 0.1) is 37.1 Å². The van der Waals surface area contributed by atoms with Crippen molar-refractivity contribution in [2.24, 2.45) is 0 Å². The zero-order valence-corrected chi connectivity index (χ0v) is 15.3. The van der Waals surface area contributed by atoms with Crippen molar-refractivity contribution in [3.63, 3.8) is 0 Å². The van der Waals surface area contributed by atoms with E-state index in [1.807, 2.05) is 31.2 Å². The van der Waals surface area contributed by atoms with Crippen LogP contribution in [-0.4, -0.2) is 51.5 Å². The number of carbonyl (C=O) groups excluding carboxylic acids is 2. The molecule has 0 spiro atoms. The van der Waals surface area contributed by atoms with Crippen molar-refractivity contribution < 1.29 is 24.0 Å². The molecule has 1 saturated heterocycles. The Balaban J connectivity index is 2.00. The van der Waals surface area contributed by atoms with E-state index < -0.39 is 12.0 Å². The zero-order chi connectivity index (χ0) is 18.5. The van der Waals surface area contributed by atoms with E-state index in [4.69, 9.17) is 9.47 Å². The van der Waals surface area contributed by atoms with Crippen LogP contribution in [0.1, 0.15) is 24.1 Å². The van der Waals surface area contributed by atoms with Gasteiger partial charge in [0.2, 0.25) is 0 Å². The summed E-state index contributed by atoms with van der Waals surface area (Å²) in [5, 5.41) is 5.73. The largest absolute Gasteiger partial charge is 0.463 e. The number of hydrogen-bond donors (Lipinski definition) is 3. The molecule has 0 radical (unpaired) electrons. The van der Waals surface area contributed by atoms with Crippen LogP contribution in [0.3, 0.4) is 0 Å². The molecule has 3 N–H and O–H groups in total. The summed E-state index contributed by atoms with van der Waals surface area (Å²) in [6, 6.07) is 6.94. The number of rotatable bonds is 5. The number of carbonyl (C=O) groups is 2. The van der Waals surface area contributed by atoms with Gasteiger partial charge in [-0.3, -0.25) is 0 Å². The number of amides is 2. The lowest BCUT2D eigenvalue weighted by Crippen LogP contribution is -3.14. The van der Waals surface area contributed by atoms with Gasteiger partial charge in [-0.25, -0.2) is 9.59 Å². The first-order valence-corrected chi connectivity index (χ1v) is 9.04. The van der Waals surface area contributed by atoms with Crippen LogP contribution in [0.2, 0.25) is 0 Å². The summed E-state index contributed by atoms with van der Waals surface area (Å²) < 4.78 is 10.7. The summed E-state index contributed by atoms with van der Waals surface area (Å²) in [4.78, 5) is 26.3. The van der Waals surface area contributed by atoms with Gasteiger partial charge in [0.25, 0.3) is 0 Å². The molecule has 7 nitrogen and oxygen atoms in total. The maximum atomic E-state index is 12.7. The van der Waals surface area contributed by atoms with Crippen LogP contribution in [0, 0.1) is 6.92 Å². The molecule has 1 aromatic carbocycles.